The predicted molar refractivity (Wildman–Crippen MR) is 71.7 cm³/mol. The molecule has 0 heterocycles. The third-order valence-corrected chi connectivity index (χ3v) is 3.71. The Morgan fingerprint density at radius 3 is 2.53 bits per heavy atom. The standard InChI is InChI=1S/C14H28N2O/c15-11-5-1-2-6-12-16-14(17)10-9-13-7-3-4-8-13/h13H,1-12,15H2,(H,16,17). The molecule has 1 amide bonds. The Labute approximate surface area is 106 Å². The van der Waals surface area contributed by atoms with Crippen LogP contribution < -0.4 is 11.1 Å². The molecule has 0 atom stereocenters. The Bertz CT molecular complexity index is 200. The van der Waals surface area contributed by atoms with Crippen molar-refractivity contribution in [2.75, 3.05) is 13.1 Å². The van der Waals surface area contributed by atoms with Crippen LogP contribution in [-0.4, -0.2) is 19.0 Å². The van der Waals surface area contributed by atoms with Crippen molar-refractivity contribution in [3.8, 4) is 0 Å². The van der Waals surface area contributed by atoms with Gasteiger partial charge < -0.3 is 11.1 Å². The molecule has 1 saturated carbocycles. The lowest BCUT2D eigenvalue weighted by atomic mass is 10.0. The van der Waals surface area contributed by atoms with E-state index in [0.29, 0.717) is 0 Å². The summed E-state index contributed by atoms with van der Waals surface area (Å²) in [6.45, 7) is 1.63. The van der Waals surface area contributed by atoms with Crippen molar-refractivity contribution in [1.82, 2.24) is 5.32 Å². The molecule has 100 valence electrons. The minimum absolute atomic E-state index is 0.246. The van der Waals surface area contributed by atoms with E-state index in [-0.39, 0.29) is 5.91 Å². The summed E-state index contributed by atoms with van der Waals surface area (Å²) < 4.78 is 0. The molecule has 0 radical (unpaired) electrons. The summed E-state index contributed by atoms with van der Waals surface area (Å²) in [7, 11) is 0. The Morgan fingerprint density at radius 1 is 1.12 bits per heavy atom. The summed E-state index contributed by atoms with van der Waals surface area (Å²) in [5, 5.41) is 3.01. The molecule has 3 heteroatoms. The van der Waals surface area contributed by atoms with E-state index in [1.165, 1.54) is 38.5 Å². The van der Waals surface area contributed by atoms with Gasteiger partial charge in [-0.25, -0.2) is 0 Å². The lowest BCUT2D eigenvalue weighted by Crippen LogP contribution is -2.24. The van der Waals surface area contributed by atoms with Gasteiger partial charge >= 0.3 is 0 Å². The molecule has 1 aliphatic carbocycles. The van der Waals surface area contributed by atoms with Crippen molar-refractivity contribution in [3.63, 3.8) is 0 Å². The van der Waals surface area contributed by atoms with Gasteiger partial charge in [0.25, 0.3) is 0 Å². The molecule has 1 aliphatic rings. The first-order valence-corrected chi connectivity index (χ1v) is 7.29. The van der Waals surface area contributed by atoms with Gasteiger partial charge in [0.15, 0.2) is 0 Å². The van der Waals surface area contributed by atoms with Crippen LogP contribution in [0.3, 0.4) is 0 Å². The number of carbonyl (C=O) groups is 1. The van der Waals surface area contributed by atoms with E-state index in [4.69, 9.17) is 5.73 Å². The highest BCUT2D eigenvalue weighted by Gasteiger charge is 2.15. The number of nitrogens with one attached hydrogen (secondary N) is 1. The van der Waals surface area contributed by atoms with Gasteiger partial charge in [-0.3, -0.25) is 4.79 Å². The third-order valence-electron chi connectivity index (χ3n) is 3.71. The van der Waals surface area contributed by atoms with Crippen LogP contribution >= 0.6 is 0 Å². The third kappa shape index (κ3) is 7.37. The second-order valence-corrected chi connectivity index (χ2v) is 5.24. The Balaban J connectivity index is 1.87. The second kappa shape index (κ2) is 9.46. The van der Waals surface area contributed by atoms with E-state index in [1.54, 1.807) is 0 Å². The van der Waals surface area contributed by atoms with Crippen molar-refractivity contribution < 1.29 is 4.79 Å². The number of unbranched alkanes of at least 4 members (excludes halogenated alkanes) is 3. The molecule has 0 aromatic heterocycles. The highest BCUT2D eigenvalue weighted by molar-refractivity contribution is 5.75. The SMILES string of the molecule is NCCCCCCNC(=O)CCC1CCCC1. The predicted octanol–water partition coefficient (Wildman–Crippen LogP) is 2.59. The van der Waals surface area contributed by atoms with E-state index in [1.807, 2.05) is 0 Å². The van der Waals surface area contributed by atoms with Gasteiger partial charge in [-0.15, -0.1) is 0 Å². The van der Waals surface area contributed by atoms with Crippen LogP contribution in [0.5, 0.6) is 0 Å². The van der Waals surface area contributed by atoms with Gasteiger partial charge in [0, 0.05) is 13.0 Å². The topological polar surface area (TPSA) is 55.1 Å². The highest BCUT2D eigenvalue weighted by Crippen LogP contribution is 2.28. The molecule has 0 aromatic rings. The van der Waals surface area contributed by atoms with E-state index in [2.05, 4.69) is 5.32 Å². The fourth-order valence-electron chi connectivity index (χ4n) is 2.57. The van der Waals surface area contributed by atoms with Crippen LogP contribution in [0, 0.1) is 5.92 Å². The minimum atomic E-state index is 0.246. The summed E-state index contributed by atoms with van der Waals surface area (Å²) in [6, 6.07) is 0. The van der Waals surface area contributed by atoms with Crippen LogP contribution in [0.4, 0.5) is 0 Å². The van der Waals surface area contributed by atoms with Gasteiger partial charge in [-0.2, -0.15) is 0 Å². The van der Waals surface area contributed by atoms with E-state index < -0.39 is 0 Å². The van der Waals surface area contributed by atoms with Gasteiger partial charge in [-0.1, -0.05) is 38.5 Å². The number of nitrogens with two attached hydrogens (primary N) is 1. The molecule has 0 aromatic carbocycles. The minimum Gasteiger partial charge on any atom is -0.356 e. The number of amides is 1. The summed E-state index contributed by atoms with van der Waals surface area (Å²) >= 11 is 0. The first-order valence-electron chi connectivity index (χ1n) is 7.29. The van der Waals surface area contributed by atoms with Crippen LogP contribution in [0.1, 0.15) is 64.2 Å². The maximum Gasteiger partial charge on any atom is 0.220 e. The van der Waals surface area contributed by atoms with E-state index in [0.717, 1.165) is 44.7 Å². The Hall–Kier alpha value is -0.570. The molecule has 1 fully saturated rings. The molecule has 1 rings (SSSR count). The largest absolute Gasteiger partial charge is 0.356 e. The molecule has 0 saturated heterocycles. The molecule has 3 nitrogen and oxygen atoms in total. The van der Waals surface area contributed by atoms with Crippen molar-refractivity contribution in [3.05, 3.63) is 0 Å². The lowest BCUT2D eigenvalue weighted by Gasteiger charge is -2.09. The first kappa shape index (κ1) is 14.5. The van der Waals surface area contributed by atoms with Crippen LogP contribution in [0.2, 0.25) is 0 Å². The Kier molecular flexibility index (Phi) is 8.06. The highest BCUT2D eigenvalue weighted by atomic mass is 16.1. The summed E-state index contributed by atoms with van der Waals surface area (Å²) in [5.41, 5.74) is 5.42. The van der Waals surface area contributed by atoms with Crippen molar-refractivity contribution in [2.24, 2.45) is 11.7 Å². The van der Waals surface area contributed by atoms with Crippen molar-refractivity contribution >= 4 is 5.91 Å². The van der Waals surface area contributed by atoms with E-state index in [9.17, 15) is 4.79 Å². The number of hydrogen-bond acceptors (Lipinski definition) is 2. The van der Waals surface area contributed by atoms with Crippen LogP contribution in [0.15, 0.2) is 0 Å². The molecule has 3 N–H and O–H groups in total. The molecule has 0 spiro atoms. The molecular formula is C14H28N2O. The van der Waals surface area contributed by atoms with Crippen LogP contribution in [0.25, 0.3) is 0 Å². The molecular weight excluding hydrogens is 212 g/mol. The number of hydrogen-bond donors (Lipinski definition) is 2. The Morgan fingerprint density at radius 2 is 1.82 bits per heavy atom. The normalized spacial score (nSPS) is 16.3. The maximum atomic E-state index is 11.6. The maximum absolute atomic E-state index is 11.6. The summed E-state index contributed by atoms with van der Waals surface area (Å²) in [6.07, 6.45) is 11.8. The molecule has 0 aliphatic heterocycles. The van der Waals surface area contributed by atoms with Gasteiger partial charge in [0.1, 0.15) is 0 Å². The fraction of sp³-hybridized carbons (Fsp3) is 0.929. The van der Waals surface area contributed by atoms with Gasteiger partial charge in [-0.05, 0) is 31.7 Å². The monoisotopic (exact) mass is 240 g/mol. The molecule has 0 unspecified atom stereocenters. The smallest absolute Gasteiger partial charge is 0.220 e. The number of carbonyl (C=O) groups excluding carboxylic acids is 1. The van der Waals surface area contributed by atoms with Gasteiger partial charge in [0.05, 0.1) is 0 Å². The van der Waals surface area contributed by atoms with E-state index >= 15 is 0 Å². The quantitative estimate of drug-likeness (QED) is 0.609. The van der Waals surface area contributed by atoms with Gasteiger partial charge in [0.2, 0.25) is 5.91 Å². The van der Waals surface area contributed by atoms with Crippen molar-refractivity contribution in [1.29, 1.82) is 0 Å². The molecule has 17 heavy (non-hydrogen) atoms. The number of rotatable bonds is 9. The zero-order chi connectivity index (χ0) is 12.3. The first-order chi connectivity index (χ1) is 8.33. The van der Waals surface area contributed by atoms with Crippen LogP contribution in [-0.2, 0) is 4.79 Å². The fourth-order valence-corrected chi connectivity index (χ4v) is 2.57. The zero-order valence-corrected chi connectivity index (χ0v) is 11.0. The van der Waals surface area contributed by atoms with Crippen molar-refractivity contribution in [2.45, 2.75) is 64.2 Å². The summed E-state index contributed by atoms with van der Waals surface area (Å²) in [5.74, 6) is 1.07. The zero-order valence-electron chi connectivity index (χ0n) is 11.0. The lowest BCUT2D eigenvalue weighted by molar-refractivity contribution is -0.121. The summed E-state index contributed by atoms with van der Waals surface area (Å²) in [4.78, 5) is 11.6. The second-order valence-electron chi connectivity index (χ2n) is 5.24. The molecule has 0 bridgehead atoms. The average molecular weight is 240 g/mol. The average Bonchev–Trinajstić information content (AvgIpc) is 2.84.